The minimum Gasteiger partial charge on any atom is -0.507 e. The van der Waals surface area contributed by atoms with Crippen molar-refractivity contribution >= 4 is 45.1 Å². The van der Waals surface area contributed by atoms with Gasteiger partial charge in [0.25, 0.3) is 0 Å². The van der Waals surface area contributed by atoms with Crippen molar-refractivity contribution in [3.05, 3.63) is 65.8 Å². The molecule has 0 radical (unpaired) electrons. The molecule has 0 aliphatic carbocycles. The predicted molar refractivity (Wildman–Crippen MR) is 139 cm³/mol. The fourth-order valence-corrected chi connectivity index (χ4v) is 5.38. The van der Waals surface area contributed by atoms with Gasteiger partial charge >= 0.3 is 11.6 Å². The van der Waals surface area contributed by atoms with Crippen molar-refractivity contribution in [3.63, 3.8) is 0 Å². The van der Waals surface area contributed by atoms with Gasteiger partial charge < -0.3 is 14.3 Å². The summed E-state index contributed by atoms with van der Waals surface area (Å²) in [7, 11) is 1.34. The quantitative estimate of drug-likeness (QED) is 0.145. The minimum atomic E-state index is -0.853. The Morgan fingerprint density at radius 1 is 1.24 bits per heavy atom. The van der Waals surface area contributed by atoms with E-state index in [1.807, 2.05) is 19.1 Å². The monoisotopic (exact) mass is 550 g/mol. The number of esters is 1. The molecule has 0 spiro atoms. The van der Waals surface area contributed by atoms with Crippen LogP contribution >= 0.6 is 27.3 Å². The second-order valence-electron chi connectivity index (χ2n) is 8.60. The molecule has 0 saturated heterocycles. The lowest BCUT2D eigenvalue weighted by Crippen LogP contribution is -2.16. The summed E-state index contributed by atoms with van der Waals surface area (Å²) in [5, 5.41) is 10.5. The molecule has 34 heavy (non-hydrogen) atoms. The van der Waals surface area contributed by atoms with Gasteiger partial charge in [-0.2, -0.15) is 0 Å². The van der Waals surface area contributed by atoms with Crippen LogP contribution < -0.4 is 5.63 Å². The molecule has 0 aliphatic rings. The van der Waals surface area contributed by atoms with Gasteiger partial charge in [0.05, 0.1) is 13.5 Å². The summed E-state index contributed by atoms with van der Waals surface area (Å²) in [6.07, 6.45) is 7.72. The molecule has 0 aliphatic heterocycles. The zero-order valence-electron chi connectivity index (χ0n) is 20.1. The molecule has 2 heterocycles. The number of ketones is 1. The van der Waals surface area contributed by atoms with Gasteiger partial charge in [-0.3, -0.25) is 9.59 Å². The Balaban J connectivity index is 2.14. The smallest absolute Gasteiger partial charge is 0.351 e. The van der Waals surface area contributed by atoms with Crippen molar-refractivity contribution in [1.29, 1.82) is 0 Å². The first-order chi connectivity index (χ1) is 16.0. The number of hydrogen-bond donors (Lipinski definition) is 1. The maximum Gasteiger partial charge on any atom is 0.351 e. The highest BCUT2D eigenvalue weighted by atomic mass is 79.9. The lowest BCUT2D eigenvalue weighted by atomic mass is 9.99. The Hall–Kier alpha value is -2.45. The predicted octanol–water partition coefficient (Wildman–Crippen LogP) is 6.66. The van der Waals surface area contributed by atoms with Gasteiger partial charge in [-0.15, -0.1) is 11.3 Å². The number of halogens is 1. The van der Waals surface area contributed by atoms with Crippen LogP contribution in [0.4, 0.5) is 0 Å². The van der Waals surface area contributed by atoms with Crippen LogP contribution in [0.3, 0.4) is 0 Å². The zero-order chi connectivity index (χ0) is 25.4. The van der Waals surface area contributed by atoms with E-state index in [0.717, 1.165) is 15.8 Å². The maximum atomic E-state index is 12.9. The number of aromatic hydroxyl groups is 1. The van der Waals surface area contributed by atoms with Crippen LogP contribution in [-0.2, 0) is 16.0 Å². The first kappa shape index (κ1) is 27.8. The fourth-order valence-electron chi connectivity index (χ4n) is 3.30. The Morgan fingerprint density at radius 2 is 1.94 bits per heavy atom. The van der Waals surface area contributed by atoms with E-state index in [1.165, 1.54) is 18.1 Å². The van der Waals surface area contributed by atoms with E-state index in [4.69, 9.17) is 4.42 Å². The number of Topliss-reactive ketones (excluding diaryl/α,β-unsaturated/α-hetero) is 1. The molecule has 1 N–H and O–H groups in total. The number of rotatable bonds is 11. The highest BCUT2D eigenvalue weighted by Crippen LogP contribution is 2.32. The second-order valence-corrected chi connectivity index (χ2v) is 10.6. The maximum absolute atomic E-state index is 12.9. The highest BCUT2D eigenvalue weighted by Gasteiger charge is 2.22. The number of thiophene rings is 1. The molecule has 184 valence electrons. The molecule has 2 aromatic heterocycles. The highest BCUT2D eigenvalue weighted by molar-refractivity contribution is 9.10. The Bertz CT molecular complexity index is 1140. The molecule has 0 amide bonds. The summed E-state index contributed by atoms with van der Waals surface area (Å²) in [5.74, 6) is -0.607. The van der Waals surface area contributed by atoms with E-state index >= 15 is 0 Å². The molecule has 0 aromatic carbocycles. The van der Waals surface area contributed by atoms with Gasteiger partial charge in [-0.1, -0.05) is 32.9 Å². The summed E-state index contributed by atoms with van der Waals surface area (Å²) < 4.78 is 11.0. The molecule has 2 rings (SSSR count). The van der Waals surface area contributed by atoms with Gasteiger partial charge in [-0.25, -0.2) is 4.79 Å². The molecule has 0 bridgehead atoms. The van der Waals surface area contributed by atoms with Crippen LogP contribution in [0, 0.1) is 5.92 Å². The fraction of sp³-hybridized carbons (Fsp3) is 0.423. The first-order valence-corrected chi connectivity index (χ1v) is 12.7. The molecule has 0 fully saturated rings. The second kappa shape index (κ2) is 12.9. The summed E-state index contributed by atoms with van der Waals surface area (Å²) >= 11 is 5.15. The average molecular weight is 551 g/mol. The summed E-state index contributed by atoms with van der Waals surface area (Å²) in [4.78, 5) is 38.7. The van der Waals surface area contributed by atoms with Crippen molar-refractivity contribution in [3.8, 4) is 5.75 Å². The topological polar surface area (TPSA) is 93.8 Å². The molecular formula is C26H31BrO6S. The number of allylic oxidation sites excluding steroid dienone is 2. The summed E-state index contributed by atoms with van der Waals surface area (Å²) in [6, 6.07) is 3.29. The SMILES string of the molecule is COC(=O)CC=CCCC(C)c1cc(O)c(C(=O)C(C)=Cc2cc(Br)c(CC(C)C)s2)c(=O)o1. The normalized spacial score (nSPS) is 13.0. The minimum absolute atomic E-state index is 0.162. The largest absolute Gasteiger partial charge is 0.507 e. The van der Waals surface area contributed by atoms with E-state index in [9.17, 15) is 19.5 Å². The van der Waals surface area contributed by atoms with Crippen molar-refractivity contribution in [2.75, 3.05) is 7.11 Å². The number of carbonyl (C=O) groups excluding carboxylic acids is 2. The lowest BCUT2D eigenvalue weighted by molar-refractivity contribution is -0.139. The molecule has 2 aromatic rings. The van der Waals surface area contributed by atoms with Gasteiger partial charge in [0.15, 0.2) is 5.78 Å². The average Bonchev–Trinajstić information content (AvgIpc) is 3.10. The van der Waals surface area contributed by atoms with Gasteiger partial charge in [-0.05, 0) is 65.7 Å². The molecule has 6 nitrogen and oxygen atoms in total. The third kappa shape index (κ3) is 7.81. The molecule has 1 unspecified atom stereocenters. The number of carbonyl (C=O) groups is 2. The van der Waals surface area contributed by atoms with Gasteiger partial charge in [0.1, 0.15) is 17.1 Å². The van der Waals surface area contributed by atoms with Crippen LogP contribution in [0.5, 0.6) is 5.75 Å². The van der Waals surface area contributed by atoms with Crippen molar-refractivity contribution in [2.24, 2.45) is 5.92 Å². The van der Waals surface area contributed by atoms with E-state index in [2.05, 4.69) is 34.5 Å². The van der Waals surface area contributed by atoms with Crippen molar-refractivity contribution in [2.45, 2.75) is 59.3 Å². The molecular weight excluding hydrogens is 520 g/mol. The van der Waals surface area contributed by atoms with Crippen LogP contribution in [0.1, 0.15) is 78.7 Å². The molecule has 1 atom stereocenters. The number of ether oxygens (including phenoxy) is 1. The third-order valence-electron chi connectivity index (χ3n) is 5.19. The van der Waals surface area contributed by atoms with Crippen molar-refractivity contribution < 1.29 is 23.8 Å². The summed E-state index contributed by atoms with van der Waals surface area (Å²) in [6.45, 7) is 7.77. The molecule has 0 saturated carbocycles. The Morgan fingerprint density at radius 3 is 2.56 bits per heavy atom. The van der Waals surface area contributed by atoms with Crippen LogP contribution in [0.25, 0.3) is 6.08 Å². The van der Waals surface area contributed by atoms with Crippen molar-refractivity contribution in [1.82, 2.24) is 0 Å². The third-order valence-corrected chi connectivity index (χ3v) is 7.27. The van der Waals surface area contributed by atoms with Crippen LogP contribution in [-0.4, -0.2) is 24.0 Å². The molecule has 8 heteroatoms. The van der Waals surface area contributed by atoms with Gasteiger partial charge in [0, 0.05) is 26.2 Å². The first-order valence-electron chi connectivity index (χ1n) is 11.1. The Kier molecular flexibility index (Phi) is 10.5. The standard InChI is InChI=1S/C26H31BrO6S/c1-15(2)11-22-19(27)13-18(34-22)12-17(4)25(30)24-20(28)14-21(33-26(24)31)16(3)9-7-6-8-10-23(29)32-5/h6,8,12-16,28H,7,9-11H2,1-5H3. The van der Waals surface area contributed by atoms with E-state index in [1.54, 1.807) is 30.4 Å². The summed E-state index contributed by atoms with van der Waals surface area (Å²) in [5.41, 5.74) is -0.877. The number of hydrogen-bond acceptors (Lipinski definition) is 7. The Labute approximate surface area is 212 Å². The lowest BCUT2D eigenvalue weighted by Gasteiger charge is -2.11. The zero-order valence-corrected chi connectivity index (χ0v) is 22.5. The van der Waals surface area contributed by atoms with E-state index < -0.39 is 11.4 Å². The van der Waals surface area contributed by atoms with E-state index in [-0.39, 0.29) is 29.6 Å². The van der Waals surface area contributed by atoms with E-state index in [0.29, 0.717) is 30.1 Å². The van der Waals surface area contributed by atoms with Crippen LogP contribution in [0.2, 0.25) is 0 Å². The van der Waals surface area contributed by atoms with Crippen LogP contribution in [0.15, 0.2) is 43.5 Å². The number of methoxy groups -OCH3 is 1. The van der Waals surface area contributed by atoms with Gasteiger partial charge in [0.2, 0.25) is 0 Å².